The van der Waals surface area contributed by atoms with Crippen molar-refractivity contribution in [3.63, 3.8) is 0 Å². The number of hydrogen-bond donors (Lipinski definition) is 1. The molecule has 1 saturated heterocycles. The molecule has 23 heavy (non-hydrogen) atoms. The summed E-state index contributed by atoms with van der Waals surface area (Å²) in [5.74, 6) is 0. The topological polar surface area (TPSA) is 15.3 Å². The summed E-state index contributed by atoms with van der Waals surface area (Å²) in [5.41, 5.74) is 2.44. The van der Waals surface area contributed by atoms with Crippen LogP contribution in [0.2, 0.25) is 0 Å². The number of nitrogens with one attached hydrogen (secondary N) is 1. The van der Waals surface area contributed by atoms with Crippen molar-refractivity contribution >= 4 is 22.9 Å². The minimum Gasteiger partial charge on any atom is -0.350 e. The van der Waals surface area contributed by atoms with Crippen LogP contribution >= 0.6 is 12.2 Å². The molecule has 0 saturated carbocycles. The van der Waals surface area contributed by atoms with Crippen molar-refractivity contribution < 1.29 is 0 Å². The normalized spacial score (nSPS) is 16.7. The van der Waals surface area contributed by atoms with E-state index >= 15 is 0 Å². The van der Waals surface area contributed by atoms with E-state index in [2.05, 4.69) is 52.7 Å². The van der Waals surface area contributed by atoms with Gasteiger partial charge in [-0.25, -0.2) is 0 Å². The van der Waals surface area contributed by atoms with E-state index < -0.39 is 0 Å². The highest BCUT2D eigenvalue weighted by Gasteiger charge is 2.23. The summed E-state index contributed by atoms with van der Waals surface area (Å²) in [6.07, 6.45) is 4.81. The number of para-hydroxylation sites is 1. The number of piperidine rings is 1. The first-order chi connectivity index (χ1) is 11.3. The Bertz CT molecular complexity index is 606. The summed E-state index contributed by atoms with van der Waals surface area (Å²) in [6.45, 7) is 2.35. The molecule has 120 valence electrons. The van der Waals surface area contributed by atoms with Crippen molar-refractivity contribution in [2.45, 2.75) is 31.7 Å². The molecule has 1 fully saturated rings. The predicted octanol–water partition coefficient (Wildman–Crippen LogP) is 5.04. The standard InChI is InChI=1S/C20H24N2S/c23-20(21-18-12-6-2-7-13-18)16-19(17-10-4-1-5-11-17)22-14-8-3-9-15-22/h1-2,4-7,10-13,19H,3,8-9,14-16H2,(H,21,23)/t19-/m0/s1. The zero-order valence-corrected chi connectivity index (χ0v) is 14.3. The van der Waals surface area contributed by atoms with Gasteiger partial charge in [-0.3, -0.25) is 4.90 Å². The van der Waals surface area contributed by atoms with Gasteiger partial charge in [0.15, 0.2) is 0 Å². The van der Waals surface area contributed by atoms with Crippen molar-refractivity contribution in [3.8, 4) is 0 Å². The second kappa shape index (κ2) is 8.23. The minimum atomic E-state index is 0.375. The van der Waals surface area contributed by atoms with Gasteiger partial charge in [-0.15, -0.1) is 0 Å². The first-order valence-corrected chi connectivity index (χ1v) is 8.87. The molecule has 0 aliphatic carbocycles. The van der Waals surface area contributed by atoms with Gasteiger partial charge in [-0.2, -0.15) is 0 Å². The zero-order valence-electron chi connectivity index (χ0n) is 13.4. The number of rotatable bonds is 5. The molecule has 0 spiro atoms. The average Bonchev–Trinajstić information content (AvgIpc) is 2.62. The Morgan fingerprint density at radius 2 is 1.52 bits per heavy atom. The lowest BCUT2D eigenvalue weighted by atomic mass is 9.99. The number of hydrogen-bond acceptors (Lipinski definition) is 2. The maximum atomic E-state index is 5.64. The number of benzene rings is 2. The Morgan fingerprint density at radius 3 is 2.17 bits per heavy atom. The van der Waals surface area contributed by atoms with E-state index in [1.807, 2.05) is 18.2 Å². The number of thiocarbonyl (C=S) groups is 1. The average molecular weight is 324 g/mol. The van der Waals surface area contributed by atoms with Crippen LogP contribution in [0.4, 0.5) is 5.69 Å². The van der Waals surface area contributed by atoms with E-state index in [4.69, 9.17) is 12.2 Å². The van der Waals surface area contributed by atoms with Crippen LogP contribution in [0.1, 0.15) is 37.3 Å². The summed E-state index contributed by atoms with van der Waals surface area (Å²) >= 11 is 5.64. The van der Waals surface area contributed by atoms with Crippen LogP contribution in [0.15, 0.2) is 60.7 Å². The second-order valence-electron chi connectivity index (χ2n) is 6.14. The lowest BCUT2D eigenvalue weighted by Gasteiger charge is -2.35. The molecule has 1 aliphatic rings. The summed E-state index contributed by atoms with van der Waals surface area (Å²) < 4.78 is 0. The van der Waals surface area contributed by atoms with Gasteiger partial charge in [0.05, 0.1) is 4.99 Å². The van der Waals surface area contributed by atoms with Gasteiger partial charge in [0.1, 0.15) is 0 Å². The Balaban J connectivity index is 1.71. The smallest absolute Gasteiger partial charge is 0.0816 e. The van der Waals surface area contributed by atoms with Crippen molar-refractivity contribution in [3.05, 3.63) is 66.2 Å². The monoisotopic (exact) mass is 324 g/mol. The maximum Gasteiger partial charge on any atom is 0.0816 e. The van der Waals surface area contributed by atoms with E-state index in [0.717, 1.165) is 17.1 Å². The fraction of sp³-hybridized carbons (Fsp3) is 0.350. The van der Waals surface area contributed by atoms with Gasteiger partial charge < -0.3 is 5.32 Å². The number of anilines is 1. The first-order valence-electron chi connectivity index (χ1n) is 8.47. The highest BCUT2D eigenvalue weighted by Crippen LogP contribution is 2.28. The van der Waals surface area contributed by atoms with Gasteiger partial charge >= 0.3 is 0 Å². The second-order valence-corrected chi connectivity index (χ2v) is 6.63. The molecule has 2 aromatic carbocycles. The third kappa shape index (κ3) is 4.63. The van der Waals surface area contributed by atoms with Crippen LogP contribution in [0, 0.1) is 0 Å². The third-order valence-corrected chi connectivity index (χ3v) is 4.72. The quantitative estimate of drug-likeness (QED) is 0.775. The molecule has 2 nitrogen and oxygen atoms in total. The first kappa shape index (κ1) is 16.2. The van der Waals surface area contributed by atoms with E-state index in [1.54, 1.807) is 0 Å². The highest BCUT2D eigenvalue weighted by atomic mass is 32.1. The van der Waals surface area contributed by atoms with Gasteiger partial charge in [0.25, 0.3) is 0 Å². The molecule has 2 aromatic rings. The molecule has 0 radical (unpaired) electrons. The van der Waals surface area contributed by atoms with Crippen LogP contribution in [0.3, 0.4) is 0 Å². The molecule has 1 N–H and O–H groups in total. The van der Waals surface area contributed by atoms with Crippen molar-refractivity contribution in [1.29, 1.82) is 0 Å². The zero-order chi connectivity index (χ0) is 15.9. The van der Waals surface area contributed by atoms with Gasteiger partial charge in [0, 0.05) is 18.2 Å². The van der Waals surface area contributed by atoms with Crippen LogP contribution < -0.4 is 5.32 Å². The van der Waals surface area contributed by atoms with Crippen molar-refractivity contribution in [2.75, 3.05) is 18.4 Å². The molecule has 3 rings (SSSR count). The van der Waals surface area contributed by atoms with E-state index in [0.29, 0.717) is 6.04 Å². The maximum absolute atomic E-state index is 5.64. The lowest BCUT2D eigenvalue weighted by Crippen LogP contribution is -2.35. The van der Waals surface area contributed by atoms with Crippen LogP contribution in [-0.2, 0) is 0 Å². The highest BCUT2D eigenvalue weighted by molar-refractivity contribution is 7.80. The Hall–Kier alpha value is -1.71. The summed E-state index contributed by atoms with van der Waals surface area (Å²) in [6, 6.07) is 21.4. The largest absolute Gasteiger partial charge is 0.350 e. The molecule has 1 aliphatic heterocycles. The molecular formula is C20H24N2S. The van der Waals surface area contributed by atoms with Gasteiger partial charge in [-0.1, -0.05) is 67.2 Å². The fourth-order valence-corrected chi connectivity index (χ4v) is 3.55. The van der Waals surface area contributed by atoms with Crippen LogP contribution in [0.25, 0.3) is 0 Å². The van der Waals surface area contributed by atoms with Gasteiger partial charge in [0.2, 0.25) is 0 Å². The van der Waals surface area contributed by atoms with E-state index in [9.17, 15) is 0 Å². The van der Waals surface area contributed by atoms with Crippen molar-refractivity contribution in [1.82, 2.24) is 4.90 Å². The Labute approximate surface area is 144 Å². The van der Waals surface area contributed by atoms with Crippen molar-refractivity contribution in [2.24, 2.45) is 0 Å². The molecule has 0 aromatic heterocycles. The Morgan fingerprint density at radius 1 is 0.913 bits per heavy atom. The fourth-order valence-electron chi connectivity index (χ4n) is 3.27. The number of nitrogens with zero attached hydrogens (tertiary/aromatic N) is 1. The molecule has 0 amide bonds. The summed E-state index contributed by atoms with van der Waals surface area (Å²) in [4.78, 5) is 3.51. The third-order valence-electron chi connectivity index (χ3n) is 4.45. The number of likely N-dealkylation sites (tertiary alicyclic amines) is 1. The van der Waals surface area contributed by atoms with Gasteiger partial charge in [-0.05, 0) is 43.6 Å². The molecule has 1 atom stereocenters. The van der Waals surface area contributed by atoms with Crippen LogP contribution in [-0.4, -0.2) is 23.0 Å². The minimum absolute atomic E-state index is 0.375. The van der Waals surface area contributed by atoms with Crippen LogP contribution in [0.5, 0.6) is 0 Å². The van der Waals surface area contributed by atoms with E-state index in [1.165, 1.54) is 37.9 Å². The molecule has 0 bridgehead atoms. The molecular weight excluding hydrogens is 300 g/mol. The molecule has 0 unspecified atom stereocenters. The summed E-state index contributed by atoms with van der Waals surface area (Å²) in [5, 5.41) is 3.39. The summed E-state index contributed by atoms with van der Waals surface area (Å²) in [7, 11) is 0. The molecule has 1 heterocycles. The SMILES string of the molecule is S=C(C[C@@H](c1ccccc1)N1CCCCC1)Nc1ccccc1. The lowest BCUT2D eigenvalue weighted by molar-refractivity contribution is 0.167. The molecule has 3 heteroatoms. The predicted molar refractivity (Wildman–Crippen MR) is 102 cm³/mol. The van der Waals surface area contributed by atoms with E-state index in [-0.39, 0.29) is 0 Å². The Kier molecular flexibility index (Phi) is 5.78.